The number of anilines is 1. The summed E-state index contributed by atoms with van der Waals surface area (Å²) in [6.07, 6.45) is 0.819. The first-order valence-corrected chi connectivity index (χ1v) is 17.4. The highest BCUT2D eigenvalue weighted by Gasteiger charge is 2.35. The Balaban J connectivity index is 1.58. The smallest absolute Gasteiger partial charge is 0.264 e. The molecule has 1 aliphatic heterocycles. The zero-order chi connectivity index (χ0) is 34.3. The summed E-state index contributed by atoms with van der Waals surface area (Å²) in [6.45, 7) is 3.60. The van der Waals surface area contributed by atoms with E-state index in [0.717, 1.165) is 22.0 Å². The van der Waals surface area contributed by atoms with Gasteiger partial charge in [-0.3, -0.25) is 13.9 Å². The Morgan fingerprint density at radius 3 is 2.27 bits per heavy atom. The maximum Gasteiger partial charge on any atom is 0.264 e. The summed E-state index contributed by atoms with van der Waals surface area (Å²) in [5.74, 6) is -0.992. The predicted octanol–water partition coefficient (Wildman–Crippen LogP) is 6.00. The second kappa shape index (κ2) is 15.5. The van der Waals surface area contributed by atoms with Crippen molar-refractivity contribution in [3.05, 3.63) is 119 Å². The minimum absolute atomic E-state index is 0.0565. The third-order valence-corrected chi connectivity index (χ3v) is 10.2. The summed E-state index contributed by atoms with van der Waals surface area (Å²) < 4.78 is 54.8. The molecule has 2 atom stereocenters. The van der Waals surface area contributed by atoms with E-state index in [9.17, 15) is 22.4 Å². The van der Waals surface area contributed by atoms with Gasteiger partial charge in [0.25, 0.3) is 10.0 Å². The second-order valence-electron chi connectivity index (χ2n) is 11.4. The van der Waals surface area contributed by atoms with Crippen LogP contribution in [0.2, 0.25) is 5.02 Å². The van der Waals surface area contributed by atoms with Crippen LogP contribution in [0, 0.1) is 5.82 Å². The molecule has 1 aliphatic rings. The highest BCUT2D eigenvalue weighted by atomic mass is 35.5. The maximum absolute atomic E-state index is 14.6. The molecule has 0 unspecified atom stereocenters. The Kier molecular flexibility index (Phi) is 11.2. The molecule has 0 saturated heterocycles. The monoisotopic (exact) mass is 693 g/mol. The fourth-order valence-electron chi connectivity index (χ4n) is 5.25. The Hall–Kier alpha value is -4.61. The summed E-state index contributed by atoms with van der Waals surface area (Å²) in [4.78, 5) is 29.7. The van der Waals surface area contributed by atoms with Crippen LogP contribution in [-0.4, -0.2) is 57.0 Å². The topological polar surface area (TPSA) is 105 Å². The van der Waals surface area contributed by atoms with E-state index >= 15 is 0 Å². The van der Waals surface area contributed by atoms with Gasteiger partial charge in [0, 0.05) is 30.1 Å². The Bertz CT molecular complexity index is 1840. The number of hydrogen-bond donors (Lipinski definition) is 1. The number of halogens is 2. The lowest BCUT2D eigenvalue weighted by atomic mass is 10.0. The van der Waals surface area contributed by atoms with Gasteiger partial charge in [-0.25, -0.2) is 12.8 Å². The van der Waals surface area contributed by atoms with Crippen molar-refractivity contribution in [2.75, 3.05) is 24.1 Å². The normalized spacial score (nSPS) is 13.7. The molecule has 12 heteroatoms. The van der Waals surface area contributed by atoms with Gasteiger partial charge in [0.1, 0.15) is 31.6 Å². The van der Waals surface area contributed by atoms with E-state index in [0.29, 0.717) is 29.4 Å². The molecule has 48 heavy (non-hydrogen) atoms. The van der Waals surface area contributed by atoms with Crippen LogP contribution in [0.25, 0.3) is 0 Å². The van der Waals surface area contributed by atoms with E-state index < -0.39 is 40.2 Å². The fourth-order valence-corrected chi connectivity index (χ4v) is 6.88. The minimum atomic E-state index is -4.44. The van der Waals surface area contributed by atoms with E-state index in [-0.39, 0.29) is 41.9 Å². The van der Waals surface area contributed by atoms with Gasteiger partial charge in [-0.05, 0) is 66.9 Å². The van der Waals surface area contributed by atoms with Gasteiger partial charge in [0.2, 0.25) is 11.8 Å². The van der Waals surface area contributed by atoms with Crippen LogP contribution in [0.4, 0.5) is 10.1 Å². The Morgan fingerprint density at radius 2 is 1.58 bits per heavy atom. The zero-order valence-electron chi connectivity index (χ0n) is 26.6. The molecule has 0 aliphatic carbocycles. The summed E-state index contributed by atoms with van der Waals surface area (Å²) in [7, 11) is -4.44. The van der Waals surface area contributed by atoms with Crippen molar-refractivity contribution in [3.8, 4) is 11.5 Å². The van der Waals surface area contributed by atoms with E-state index in [2.05, 4.69) is 5.32 Å². The van der Waals surface area contributed by atoms with Gasteiger partial charge in [-0.2, -0.15) is 0 Å². The van der Waals surface area contributed by atoms with Gasteiger partial charge >= 0.3 is 0 Å². The van der Waals surface area contributed by atoms with Crippen LogP contribution in [0.1, 0.15) is 31.4 Å². The van der Waals surface area contributed by atoms with Crippen LogP contribution in [0.3, 0.4) is 0 Å². The minimum Gasteiger partial charge on any atom is -0.486 e. The van der Waals surface area contributed by atoms with E-state index in [1.165, 1.54) is 35.2 Å². The molecule has 4 aromatic rings. The van der Waals surface area contributed by atoms with E-state index in [1.54, 1.807) is 24.3 Å². The SMILES string of the molecule is CC[C@@H](C)NC(=O)[C@H](Cc1ccccc1)N(Cc1ccccc1Cl)C(=O)CN(c1ccc(F)cc1)S(=O)(=O)c1ccc2c(c1)OCCO2. The highest BCUT2D eigenvalue weighted by molar-refractivity contribution is 7.92. The molecule has 9 nitrogen and oxygen atoms in total. The number of carbonyl (C=O) groups excluding carboxylic acids is 2. The first-order chi connectivity index (χ1) is 23.1. The van der Waals surface area contributed by atoms with Crippen molar-refractivity contribution in [1.29, 1.82) is 0 Å². The molecule has 0 spiro atoms. The number of carbonyl (C=O) groups is 2. The van der Waals surface area contributed by atoms with Gasteiger partial charge in [-0.15, -0.1) is 0 Å². The predicted molar refractivity (Wildman–Crippen MR) is 182 cm³/mol. The number of amides is 2. The van der Waals surface area contributed by atoms with Gasteiger partial charge in [0.05, 0.1) is 10.6 Å². The summed E-state index contributed by atoms with van der Waals surface area (Å²) in [5.41, 5.74) is 1.43. The number of nitrogens with zero attached hydrogens (tertiary/aromatic N) is 2. The molecule has 2 amide bonds. The zero-order valence-corrected chi connectivity index (χ0v) is 28.2. The molecule has 0 radical (unpaired) electrons. The number of fused-ring (bicyclic) bond motifs is 1. The van der Waals surface area contributed by atoms with Crippen LogP contribution >= 0.6 is 11.6 Å². The molecule has 4 aromatic carbocycles. The van der Waals surface area contributed by atoms with Crippen molar-refractivity contribution < 1.29 is 31.9 Å². The van der Waals surface area contributed by atoms with Gasteiger partial charge in [0.15, 0.2) is 11.5 Å². The van der Waals surface area contributed by atoms with Crippen molar-refractivity contribution >= 4 is 39.1 Å². The van der Waals surface area contributed by atoms with Crippen LogP contribution in [-0.2, 0) is 32.6 Å². The molecular weight excluding hydrogens is 657 g/mol. The van der Waals surface area contributed by atoms with Gasteiger partial charge in [-0.1, -0.05) is 67.1 Å². The van der Waals surface area contributed by atoms with Crippen molar-refractivity contribution in [3.63, 3.8) is 0 Å². The number of benzene rings is 4. The van der Waals surface area contributed by atoms with Gasteiger partial charge < -0.3 is 19.7 Å². The Labute approximate surface area is 285 Å². The molecule has 0 fully saturated rings. The third-order valence-electron chi connectivity index (χ3n) is 8.07. The summed E-state index contributed by atoms with van der Waals surface area (Å²) in [5, 5.41) is 3.38. The summed E-state index contributed by atoms with van der Waals surface area (Å²) in [6, 6.07) is 24.0. The number of ether oxygens (including phenoxy) is 2. The third kappa shape index (κ3) is 8.26. The van der Waals surface area contributed by atoms with E-state index in [1.807, 2.05) is 44.2 Å². The first-order valence-electron chi connectivity index (χ1n) is 15.6. The fraction of sp³-hybridized carbons (Fsp3) is 0.278. The number of sulfonamides is 1. The molecule has 0 bridgehead atoms. The molecule has 5 rings (SSSR count). The number of rotatable bonds is 13. The summed E-state index contributed by atoms with van der Waals surface area (Å²) >= 11 is 6.55. The van der Waals surface area contributed by atoms with Crippen molar-refractivity contribution in [1.82, 2.24) is 10.2 Å². The average Bonchev–Trinajstić information content (AvgIpc) is 3.09. The average molecular weight is 694 g/mol. The largest absolute Gasteiger partial charge is 0.486 e. The molecule has 0 aromatic heterocycles. The van der Waals surface area contributed by atoms with Crippen LogP contribution in [0.5, 0.6) is 11.5 Å². The molecule has 1 heterocycles. The number of hydrogen-bond acceptors (Lipinski definition) is 6. The second-order valence-corrected chi connectivity index (χ2v) is 13.7. The molecule has 1 N–H and O–H groups in total. The molecular formula is C36H37ClFN3O6S. The lowest BCUT2D eigenvalue weighted by Gasteiger charge is -2.34. The van der Waals surface area contributed by atoms with Crippen LogP contribution in [0.15, 0.2) is 102 Å². The highest BCUT2D eigenvalue weighted by Crippen LogP contribution is 2.34. The lowest BCUT2D eigenvalue weighted by Crippen LogP contribution is -2.54. The molecule has 252 valence electrons. The molecule has 0 saturated carbocycles. The van der Waals surface area contributed by atoms with Crippen LogP contribution < -0.4 is 19.1 Å². The standard InChI is InChI=1S/C36H37ClFN3O6S/c1-3-25(2)39-36(43)32(21-26-9-5-4-6-10-26)40(23-27-11-7-8-12-31(27)37)35(42)24-41(29-15-13-28(38)14-16-29)48(44,45)30-17-18-33-34(22-30)47-20-19-46-33/h4-18,22,25,32H,3,19-21,23-24H2,1-2H3,(H,39,43)/t25-,32+/m1/s1. The van der Waals surface area contributed by atoms with Crippen molar-refractivity contribution in [2.24, 2.45) is 0 Å². The maximum atomic E-state index is 14.6. The quantitative estimate of drug-likeness (QED) is 0.184. The lowest BCUT2D eigenvalue weighted by molar-refractivity contribution is -0.140. The van der Waals surface area contributed by atoms with Crippen molar-refractivity contribution in [2.45, 2.75) is 50.2 Å². The van der Waals surface area contributed by atoms with E-state index in [4.69, 9.17) is 21.1 Å². The first kappa shape index (κ1) is 34.7. The Morgan fingerprint density at radius 1 is 0.917 bits per heavy atom. The number of nitrogens with one attached hydrogen (secondary N) is 1.